The summed E-state index contributed by atoms with van der Waals surface area (Å²) < 4.78 is 30.1. The third-order valence-corrected chi connectivity index (χ3v) is 4.16. The maximum Gasteiger partial charge on any atom is 0.211 e. The topological polar surface area (TPSA) is 72.4 Å². The Morgan fingerprint density at radius 3 is 3.06 bits per heavy atom. The van der Waals surface area contributed by atoms with Gasteiger partial charge in [-0.25, -0.2) is 8.42 Å². The van der Waals surface area contributed by atoms with Crippen molar-refractivity contribution in [3.05, 3.63) is 24.0 Å². The molecule has 0 bridgehead atoms. The maximum absolute atomic E-state index is 11.6. The summed E-state index contributed by atoms with van der Waals surface area (Å²) in [5.41, 5.74) is 0.862. The van der Waals surface area contributed by atoms with Gasteiger partial charge in [0.2, 0.25) is 10.0 Å². The van der Waals surface area contributed by atoms with E-state index in [0.717, 1.165) is 5.69 Å². The fourth-order valence-electron chi connectivity index (χ4n) is 2.01. The maximum atomic E-state index is 11.6. The average Bonchev–Trinajstić information content (AvgIpc) is 2.55. The minimum absolute atomic E-state index is 0.124. The number of ether oxygens (including phenoxy) is 1. The second-order valence-corrected chi connectivity index (χ2v) is 6.46. The second-order valence-electron chi connectivity index (χ2n) is 4.48. The van der Waals surface area contributed by atoms with E-state index in [-0.39, 0.29) is 5.92 Å². The van der Waals surface area contributed by atoms with E-state index in [1.807, 2.05) is 12.1 Å². The van der Waals surface area contributed by atoms with Crippen LogP contribution in [0.15, 0.2) is 18.3 Å². The van der Waals surface area contributed by atoms with Crippen LogP contribution in [0.4, 0.5) is 0 Å². The van der Waals surface area contributed by atoms with Crippen molar-refractivity contribution < 1.29 is 13.2 Å². The third kappa shape index (κ3) is 3.72. The van der Waals surface area contributed by atoms with Crippen molar-refractivity contribution in [1.82, 2.24) is 14.5 Å². The zero-order valence-corrected chi connectivity index (χ0v) is 11.1. The van der Waals surface area contributed by atoms with E-state index in [0.29, 0.717) is 32.7 Å². The van der Waals surface area contributed by atoms with Gasteiger partial charge in [-0.2, -0.15) is 14.5 Å². The molecule has 1 fully saturated rings. The van der Waals surface area contributed by atoms with Crippen molar-refractivity contribution >= 4 is 10.0 Å². The molecule has 0 amide bonds. The van der Waals surface area contributed by atoms with Gasteiger partial charge in [0, 0.05) is 25.2 Å². The highest BCUT2D eigenvalue weighted by Gasteiger charge is 2.25. The molecule has 1 aromatic rings. The van der Waals surface area contributed by atoms with E-state index in [1.165, 1.54) is 10.6 Å². The summed E-state index contributed by atoms with van der Waals surface area (Å²) in [5.74, 6) is 0.124. The zero-order chi connectivity index (χ0) is 13.0. The molecule has 0 aliphatic carbocycles. The Morgan fingerprint density at radius 1 is 1.56 bits per heavy atom. The van der Waals surface area contributed by atoms with Crippen molar-refractivity contribution in [1.29, 1.82) is 0 Å². The van der Waals surface area contributed by atoms with Gasteiger partial charge in [-0.05, 0) is 18.6 Å². The first-order valence-corrected chi connectivity index (χ1v) is 7.70. The van der Waals surface area contributed by atoms with Crippen LogP contribution in [-0.2, 0) is 21.2 Å². The molecule has 1 atom stereocenters. The molecule has 18 heavy (non-hydrogen) atoms. The van der Waals surface area contributed by atoms with Gasteiger partial charge in [-0.15, -0.1) is 0 Å². The summed E-state index contributed by atoms with van der Waals surface area (Å²) in [5, 5.41) is 7.84. The molecular weight excluding hydrogens is 254 g/mol. The second kappa shape index (κ2) is 5.73. The molecule has 7 heteroatoms. The molecule has 100 valence electrons. The Labute approximate surface area is 107 Å². The van der Waals surface area contributed by atoms with E-state index < -0.39 is 10.0 Å². The molecular formula is C11H17N3O3S. The standard InChI is InChI=1S/C11H17N3O3S/c1-18(15,16)14-5-6-17-9-10(8-14)7-11-3-2-4-12-13-11/h2-4,10H,5-9H2,1H3/t10-/m0/s1. The van der Waals surface area contributed by atoms with Gasteiger partial charge >= 0.3 is 0 Å². The lowest BCUT2D eigenvalue weighted by molar-refractivity contribution is 0.122. The molecule has 1 aliphatic rings. The van der Waals surface area contributed by atoms with Gasteiger partial charge in [0.05, 0.1) is 25.2 Å². The van der Waals surface area contributed by atoms with Crippen LogP contribution in [0.3, 0.4) is 0 Å². The van der Waals surface area contributed by atoms with E-state index >= 15 is 0 Å². The van der Waals surface area contributed by atoms with Gasteiger partial charge in [-0.3, -0.25) is 0 Å². The molecule has 2 rings (SSSR count). The Hall–Kier alpha value is -1.05. The quantitative estimate of drug-likeness (QED) is 0.769. The molecule has 0 N–H and O–H groups in total. The Bertz CT molecular complexity index is 478. The van der Waals surface area contributed by atoms with Crippen LogP contribution in [0.25, 0.3) is 0 Å². The molecule has 0 unspecified atom stereocenters. The van der Waals surface area contributed by atoms with Crippen LogP contribution in [0.1, 0.15) is 5.69 Å². The summed E-state index contributed by atoms with van der Waals surface area (Å²) in [4.78, 5) is 0. The summed E-state index contributed by atoms with van der Waals surface area (Å²) in [6.45, 7) is 1.91. The average molecular weight is 271 g/mol. The summed E-state index contributed by atoms with van der Waals surface area (Å²) in [6.07, 6.45) is 3.54. The fourth-order valence-corrected chi connectivity index (χ4v) is 2.90. The van der Waals surface area contributed by atoms with Crippen LogP contribution in [0.5, 0.6) is 0 Å². The fraction of sp³-hybridized carbons (Fsp3) is 0.636. The molecule has 6 nitrogen and oxygen atoms in total. The molecule has 1 saturated heterocycles. The largest absolute Gasteiger partial charge is 0.380 e. The summed E-state index contributed by atoms with van der Waals surface area (Å²) in [6, 6.07) is 3.72. The van der Waals surface area contributed by atoms with Crippen molar-refractivity contribution in [2.75, 3.05) is 32.6 Å². The van der Waals surface area contributed by atoms with E-state index in [1.54, 1.807) is 6.20 Å². The molecule has 2 heterocycles. The molecule has 1 aromatic heterocycles. The van der Waals surface area contributed by atoms with Gasteiger partial charge in [0.25, 0.3) is 0 Å². The van der Waals surface area contributed by atoms with Gasteiger partial charge < -0.3 is 4.74 Å². The van der Waals surface area contributed by atoms with E-state index in [2.05, 4.69) is 10.2 Å². The van der Waals surface area contributed by atoms with Crippen LogP contribution < -0.4 is 0 Å². The predicted octanol–water partition coefficient (Wildman–Crippen LogP) is -0.0729. The predicted molar refractivity (Wildman–Crippen MR) is 66.5 cm³/mol. The summed E-state index contributed by atoms with van der Waals surface area (Å²) >= 11 is 0. The molecule has 0 aromatic carbocycles. The van der Waals surface area contributed by atoms with Gasteiger partial charge in [0.15, 0.2) is 0 Å². The molecule has 1 aliphatic heterocycles. The van der Waals surface area contributed by atoms with Crippen LogP contribution >= 0.6 is 0 Å². The normalized spacial score (nSPS) is 22.6. The van der Waals surface area contributed by atoms with Gasteiger partial charge in [0.1, 0.15) is 0 Å². The minimum Gasteiger partial charge on any atom is -0.380 e. The van der Waals surface area contributed by atoms with Crippen molar-refractivity contribution in [3.63, 3.8) is 0 Å². The van der Waals surface area contributed by atoms with E-state index in [9.17, 15) is 8.42 Å². The Morgan fingerprint density at radius 2 is 2.39 bits per heavy atom. The summed E-state index contributed by atoms with van der Waals surface area (Å²) in [7, 11) is -3.16. The van der Waals surface area contributed by atoms with Crippen LogP contribution in [-0.4, -0.2) is 55.5 Å². The first-order valence-electron chi connectivity index (χ1n) is 5.85. The lowest BCUT2D eigenvalue weighted by Gasteiger charge is -2.20. The first-order chi connectivity index (χ1) is 8.55. The van der Waals surface area contributed by atoms with E-state index in [4.69, 9.17) is 4.74 Å². The highest BCUT2D eigenvalue weighted by atomic mass is 32.2. The Kier molecular flexibility index (Phi) is 4.26. The number of hydrogen-bond acceptors (Lipinski definition) is 5. The highest BCUT2D eigenvalue weighted by molar-refractivity contribution is 7.88. The van der Waals surface area contributed by atoms with Crippen LogP contribution in [0, 0.1) is 5.92 Å². The van der Waals surface area contributed by atoms with Crippen LogP contribution in [0.2, 0.25) is 0 Å². The number of hydrogen-bond donors (Lipinski definition) is 0. The van der Waals surface area contributed by atoms with Gasteiger partial charge in [-0.1, -0.05) is 0 Å². The molecule has 0 spiro atoms. The highest BCUT2D eigenvalue weighted by Crippen LogP contribution is 2.14. The molecule has 0 radical (unpaired) electrons. The third-order valence-electron chi connectivity index (χ3n) is 2.89. The van der Waals surface area contributed by atoms with Crippen molar-refractivity contribution in [2.24, 2.45) is 5.92 Å². The number of rotatable bonds is 3. The molecule has 0 saturated carbocycles. The number of aromatic nitrogens is 2. The van der Waals surface area contributed by atoms with Crippen molar-refractivity contribution in [2.45, 2.75) is 6.42 Å². The smallest absolute Gasteiger partial charge is 0.211 e. The van der Waals surface area contributed by atoms with Crippen molar-refractivity contribution in [3.8, 4) is 0 Å². The lowest BCUT2D eigenvalue weighted by Crippen LogP contribution is -2.35. The lowest BCUT2D eigenvalue weighted by atomic mass is 10.0. The Balaban J connectivity index is 2.04. The zero-order valence-electron chi connectivity index (χ0n) is 10.3. The monoisotopic (exact) mass is 271 g/mol. The minimum atomic E-state index is -3.16. The number of nitrogens with zero attached hydrogens (tertiary/aromatic N) is 3. The first kappa shape index (κ1) is 13.4. The number of sulfonamides is 1. The SMILES string of the molecule is CS(=O)(=O)N1CCOC[C@@H](Cc2cccnn2)C1.